The number of carbonyl (C=O) groups is 1. The Kier molecular flexibility index (Phi) is 2.51. The number of rotatable bonds is 3. The van der Waals surface area contributed by atoms with E-state index in [0.717, 1.165) is 36.1 Å². The zero-order valence-corrected chi connectivity index (χ0v) is 10.6. The molecule has 4 heteroatoms. The number of aromatic nitrogens is 3. The highest BCUT2D eigenvalue weighted by molar-refractivity contribution is 5.74. The lowest BCUT2D eigenvalue weighted by molar-refractivity contribution is 0.111. The van der Waals surface area contributed by atoms with Crippen LogP contribution in [0.15, 0.2) is 18.2 Å². The molecular weight excluding hydrogens is 226 g/mol. The SMILES string of the molecule is Cc1ccc(-n2nnc(C=O)c2C2CC2)c(C)c1. The highest BCUT2D eigenvalue weighted by atomic mass is 16.1. The Morgan fingerprint density at radius 3 is 2.72 bits per heavy atom. The molecule has 0 amide bonds. The molecule has 3 rings (SSSR count). The third-order valence-corrected chi connectivity index (χ3v) is 3.39. The van der Waals surface area contributed by atoms with Crippen LogP contribution in [0.1, 0.15) is 46.1 Å². The molecule has 0 unspecified atom stereocenters. The maximum atomic E-state index is 11.0. The molecule has 1 heterocycles. The maximum absolute atomic E-state index is 11.0. The first-order valence-corrected chi connectivity index (χ1v) is 6.19. The molecule has 0 saturated heterocycles. The molecule has 0 atom stereocenters. The van der Waals surface area contributed by atoms with Crippen LogP contribution in [0.2, 0.25) is 0 Å². The molecule has 92 valence electrons. The van der Waals surface area contributed by atoms with Gasteiger partial charge in [-0.25, -0.2) is 4.68 Å². The van der Waals surface area contributed by atoms with Crippen molar-refractivity contribution >= 4 is 6.29 Å². The fraction of sp³-hybridized carbons (Fsp3) is 0.357. The van der Waals surface area contributed by atoms with Gasteiger partial charge >= 0.3 is 0 Å². The average molecular weight is 241 g/mol. The molecule has 1 aromatic heterocycles. The summed E-state index contributed by atoms with van der Waals surface area (Å²) >= 11 is 0. The number of aryl methyl sites for hydroxylation is 2. The Morgan fingerprint density at radius 1 is 1.33 bits per heavy atom. The van der Waals surface area contributed by atoms with Crippen LogP contribution in [0.3, 0.4) is 0 Å². The van der Waals surface area contributed by atoms with Crippen molar-refractivity contribution in [1.29, 1.82) is 0 Å². The zero-order valence-electron chi connectivity index (χ0n) is 10.6. The van der Waals surface area contributed by atoms with E-state index in [0.29, 0.717) is 11.6 Å². The van der Waals surface area contributed by atoms with Crippen molar-refractivity contribution in [3.8, 4) is 5.69 Å². The molecular formula is C14H15N3O. The van der Waals surface area contributed by atoms with Crippen molar-refractivity contribution < 1.29 is 4.79 Å². The zero-order chi connectivity index (χ0) is 12.7. The lowest BCUT2D eigenvalue weighted by Crippen LogP contribution is -2.04. The second-order valence-corrected chi connectivity index (χ2v) is 4.95. The maximum Gasteiger partial charge on any atom is 0.172 e. The second kappa shape index (κ2) is 4.05. The van der Waals surface area contributed by atoms with Gasteiger partial charge in [0.05, 0.1) is 11.4 Å². The fourth-order valence-electron chi connectivity index (χ4n) is 2.34. The number of hydrogen-bond acceptors (Lipinski definition) is 3. The van der Waals surface area contributed by atoms with E-state index >= 15 is 0 Å². The van der Waals surface area contributed by atoms with Crippen molar-refractivity contribution in [2.24, 2.45) is 0 Å². The molecule has 4 nitrogen and oxygen atoms in total. The topological polar surface area (TPSA) is 47.8 Å². The average Bonchev–Trinajstić information content (AvgIpc) is 3.09. The number of benzene rings is 1. The summed E-state index contributed by atoms with van der Waals surface area (Å²) in [5.74, 6) is 0.445. The minimum absolute atomic E-state index is 0.445. The van der Waals surface area contributed by atoms with Gasteiger partial charge < -0.3 is 0 Å². The molecule has 0 spiro atoms. The van der Waals surface area contributed by atoms with Crippen molar-refractivity contribution in [1.82, 2.24) is 15.0 Å². The van der Waals surface area contributed by atoms with Gasteiger partial charge in [0.25, 0.3) is 0 Å². The van der Waals surface area contributed by atoms with Gasteiger partial charge in [-0.15, -0.1) is 5.10 Å². The lowest BCUT2D eigenvalue weighted by Gasteiger charge is -2.09. The number of carbonyl (C=O) groups excluding carboxylic acids is 1. The number of aldehydes is 1. The molecule has 0 radical (unpaired) electrons. The molecule has 0 aliphatic heterocycles. The van der Waals surface area contributed by atoms with E-state index in [1.54, 1.807) is 0 Å². The summed E-state index contributed by atoms with van der Waals surface area (Å²) in [4.78, 5) is 11.0. The Balaban J connectivity index is 2.16. The second-order valence-electron chi connectivity index (χ2n) is 4.95. The van der Waals surface area contributed by atoms with Gasteiger partial charge in [-0.2, -0.15) is 0 Å². The largest absolute Gasteiger partial charge is 0.296 e. The first-order chi connectivity index (χ1) is 8.70. The fourth-order valence-corrected chi connectivity index (χ4v) is 2.34. The number of nitrogens with zero attached hydrogens (tertiary/aromatic N) is 3. The molecule has 1 aliphatic rings. The quantitative estimate of drug-likeness (QED) is 0.776. The molecule has 2 aromatic rings. The van der Waals surface area contributed by atoms with E-state index in [-0.39, 0.29) is 0 Å². The van der Waals surface area contributed by atoms with Gasteiger partial charge in [0, 0.05) is 5.92 Å². The molecule has 18 heavy (non-hydrogen) atoms. The van der Waals surface area contributed by atoms with E-state index in [1.165, 1.54) is 5.56 Å². The summed E-state index contributed by atoms with van der Waals surface area (Å²) in [5.41, 5.74) is 4.84. The molecule has 1 aromatic carbocycles. The minimum Gasteiger partial charge on any atom is -0.296 e. The van der Waals surface area contributed by atoms with Crippen LogP contribution < -0.4 is 0 Å². The standard InChI is InChI=1S/C14H15N3O/c1-9-3-6-13(10(2)7-9)17-14(11-4-5-11)12(8-18)15-16-17/h3,6-8,11H,4-5H2,1-2H3. The summed E-state index contributed by atoms with van der Waals surface area (Å²) in [6.45, 7) is 4.12. The normalized spacial score (nSPS) is 14.8. The predicted octanol–water partition coefficient (Wildman–Crippen LogP) is 2.57. The molecule has 0 N–H and O–H groups in total. The van der Waals surface area contributed by atoms with Crippen LogP contribution in [0.4, 0.5) is 0 Å². The molecule has 1 fully saturated rings. The van der Waals surface area contributed by atoms with E-state index in [9.17, 15) is 4.79 Å². The van der Waals surface area contributed by atoms with Crippen LogP contribution in [0.25, 0.3) is 5.69 Å². The smallest absolute Gasteiger partial charge is 0.172 e. The number of hydrogen-bond donors (Lipinski definition) is 0. The lowest BCUT2D eigenvalue weighted by atomic mass is 10.1. The molecule has 1 saturated carbocycles. The first kappa shape index (κ1) is 11.1. The Labute approximate surface area is 106 Å². The van der Waals surface area contributed by atoms with E-state index in [1.807, 2.05) is 10.7 Å². The predicted molar refractivity (Wildman–Crippen MR) is 68.2 cm³/mol. The van der Waals surface area contributed by atoms with Crippen LogP contribution in [-0.4, -0.2) is 21.3 Å². The van der Waals surface area contributed by atoms with Gasteiger partial charge in [0.15, 0.2) is 6.29 Å². The monoisotopic (exact) mass is 241 g/mol. The van der Waals surface area contributed by atoms with Crippen molar-refractivity contribution in [2.45, 2.75) is 32.6 Å². The summed E-state index contributed by atoms with van der Waals surface area (Å²) in [6.07, 6.45) is 3.05. The van der Waals surface area contributed by atoms with Crippen molar-refractivity contribution in [3.63, 3.8) is 0 Å². The Morgan fingerprint density at radius 2 is 2.11 bits per heavy atom. The third-order valence-electron chi connectivity index (χ3n) is 3.39. The highest BCUT2D eigenvalue weighted by Gasteiger charge is 2.31. The Bertz CT molecular complexity index is 611. The molecule has 1 aliphatic carbocycles. The van der Waals surface area contributed by atoms with E-state index in [4.69, 9.17) is 0 Å². The van der Waals surface area contributed by atoms with Crippen molar-refractivity contribution in [3.05, 3.63) is 40.7 Å². The summed E-state index contributed by atoms with van der Waals surface area (Å²) < 4.78 is 1.83. The van der Waals surface area contributed by atoms with Crippen molar-refractivity contribution in [2.75, 3.05) is 0 Å². The molecule has 0 bridgehead atoms. The van der Waals surface area contributed by atoms with Gasteiger partial charge in [-0.3, -0.25) is 4.79 Å². The van der Waals surface area contributed by atoms with Gasteiger partial charge in [0.1, 0.15) is 5.69 Å². The summed E-state index contributed by atoms with van der Waals surface area (Å²) in [6, 6.07) is 6.22. The van der Waals surface area contributed by atoms with Gasteiger partial charge in [-0.05, 0) is 38.3 Å². The minimum atomic E-state index is 0.445. The Hall–Kier alpha value is -1.97. The van der Waals surface area contributed by atoms with Gasteiger partial charge in [-0.1, -0.05) is 22.9 Å². The van der Waals surface area contributed by atoms with Crippen LogP contribution in [-0.2, 0) is 0 Å². The summed E-state index contributed by atoms with van der Waals surface area (Å²) in [5, 5.41) is 8.13. The van der Waals surface area contributed by atoms with Gasteiger partial charge in [0.2, 0.25) is 0 Å². The first-order valence-electron chi connectivity index (χ1n) is 6.19. The summed E-state index contributed by atoms with van der Waals surface area (Å²) in [7, 11) is 0. The van der Waals surface area contributed by atoms with Crippen LogP contribution in [0.5, 0.6) is 0 Å². The van der Waals surface area contributed by atoms with E-state index in [2.05, 4.69) is 36.3 Å². The third kappa shape index (κ3) is 1.74. The highest BCUT2D eigenvalue weighted by Crippen LogP contribution is 2.41. The van der Waals surface area contributed by atoms with Crippen LogP contribution in [0, 0.1) is 13.8 Å². The van der Waals surface area contributed by atoms with Crippen LogP contribution >= 0.6 is 0 Å². The van der Waals surface area contributed by atoms with E-state index < -0.39 is 0 Å².